The van der Waals surface area contributed by atoms with Gasteiger partial charge >= 0.3 is 0 Å². The van der Waals surface area contributed by atoms with E-state index in [4.69, 9.17) is 0 Å². The predicted molar refractivity (Wildman–Crippen MR) is 43.6 cm³/mol. The van der Waals surface area contributed by atoms with E-state index in [0.717, 1.165) is 13.0 Å². The van der Waals surface area contributed by atoms with E-state index in [2.05, 4.69) is 4.99 Å². The number of hydrogen-bond acceptors (Lipinski definition) is 2. The number of carbonyl (C=O) groups is 1. The average Bonchev–Trinajstić information content (AvgIpc) is 1.98. The lowest BCUT2D eigenvalue weighted by molar-refractivity contribution is -0.112. The molecule has 0 aromatic heterocycles. The van der Waals surface area contributed by atoms with E-state index in [1.165, 1.54) is 0 Å². The summed E-state index contributed by atoms with van der Waals surface area (Å²) in [5.74, 6) is 0.161. The molecule has 0 bridgehead atoms. The molecule has 0 fully saturated rings. The number of nitrogens with zero attached hydrogens (tertiary/aromatic N) is 1. The summed E-state index contributed by atoms with van der Waals surface area (Å²) < 4.78 is 0. The zero-order chi connectivity index (χ0) is 7.98. The van der Waals surface area contributed by atoms with Crippen molar-refractivity contribution in [3.63, 3.8) is 0 Å². The number of aliphatic imine (C=N–C) groups is 1. The lowest BCUT2D eigenvalue weighted by Gasteiger charge is -1.94. The standard InChI is InChI=1S/C8H15NO/c1-4-6-9-7(3)8(10)5-2/h4-6H2,1-3H3. The van der Waals surface area contributed by atoms with E-state index in [0.29, 0.717) is 12.1 Å². The lowest BCUT2D eigenvalue weighted by Crippen LogP contribution is -2.08. The summed E-state index contributed by atoms with van der Waals surface area (Å²) in [6.45, 7) is 6.46. The van der Waals surface area contributed by atoms with Crippen molar-refractivity contribution < 1.29 is 4.79 Å². The molecular formula is C8H15NO. The first kappa shape index (κ1) is 9.34. The zero-order valence-electron chi connectivity index (χ0n) is 6.98. The quantitative estimate of drug-likeness (QED) is 0.549. The summed E-state index contributed by atoms with van der Waals surface area (Å²) in [5.41, 5.74) is 0.671. The Bertz CT molecular complexity index is 138. The molecule has 58 valence electrons. The molecule has 0 rings (SSSR count). The van der Waals surface area contributed by atoms with Crippen LogP contribution in [0.3, 0.4) is 0 Å². The van der Waals surface area contributed by atoms with Crippen molar-refractivity contribution in [3.05, 3.63) is 0 Å². The van der Waals surface area contributed by atoms with E-state index >= 15 is 0 Å². The van der Waals surface area contributed by atoms with Gasteiger partial charge in [-0.2, -0.15) is 0 Å². The molecule has 0 aromatic carbocycles. The average molecular weight is 141 g/mol. The first-order valence-electron chi connectivity index (χ1n) is 3.76. The van der Waals surface area contributed by atoms with Crippen LogP contribution >= 0.6 is 0 Å². The molecule has 0 saturated carbocycles. The highest BCUT2D eigenvalue weighted by atomic mass is 16.1. The summed E-state index contributed by atoms with van der Waals surface area (Å²) in [7, 11) is 0. The molecular weight excluding hydrogens is 126 g/mol. The van der Waals surface area contributed by atoms with Crippen molar-refractivity contribution in [2.75, 3.05) is 6.54 Å². The van der Waals surface area contributed by atoms with Crippen LogP contribution in [0.25, 0.3) is 0 Å². The van der Waals surface area contributed by atoms with Crippen LogP contribution in [0.1, 0.15) is 33.6 Å². The Hall–Kier alpha value is -0.660. The first-order valence-corrected chi connectivity index (χ1v) is 3.76. The second-order valence-corrected chi connectivity index (χ2v) is 2.24. The Balaban J connectivity index is 3.80. The molecule has 0 heterocycles. The summed E-state index contributed by atoms with van der Waals surface area (Å²) >= 11 is 0. The monoisotopic (exact) mass is 141 g/mol. The summed E-state index contributed by atoms with van der Waals surface area (Å²) in [5, 5.41) is 0. The topological polar surface area (TPSA) is 29.4 Å². The Morgan fingerprint density at radius 2 is 2.00 bits per heavy atom. The lowest BCUT2D eigenvalue weighted by atomic mass is 10.2. The largest absolute Gasteiger partial charge is 0.293 e. The van der Waals surface area contributed by atoms with Crippen LogP contribution in [0, 0.1) is 0 Å². The Kier molecular flexibility index (Phi) is 4.81. The fourth-order valence-electron chi connectivity index (χ4n) is 0.624. The third-order valence-corrected chi connectivity index (χ3v) is 1.30. The van der Waals surface area contributed by atoms with Crippen LogP contribution in [0.4, 0.5) is 0 Å². The molecule has 0 amide bonds. The van der Waals surface area contributed by atoms with Crippen LogP contribution in [-0.2, 0) is 4.79 Å². The first-order chi connectivity index (χ1) is 4.72. The molecule has 10 heavy (non-hydrogen) atoms. The van der Waals surface area contributed by atoms with Gasteiger partial charge in [-0.15, -0.1) is 0 Å². The highest BCUT2D eigenvalue weighted by Gasteiger charge is 1.99. The van der Waals surface area contributed by atoms with E-state index in [-0.39, 0.29) is 5.78 Å². The third kappa shape index (κ3) is 3.38. The molecule has 0 unspecified atom stereocenters. The van der Waals surface area contributed by atoms with Crippen molar-refractivity contribution in [2.45, 2.75) is 33.6 Å². The molecule has 2 heteroatoms. The molecule has 0 aromatic rings. The Labute approximate surface area is 62.4 Å². The van der Waals surface area contributed by atoms with Crippen LogP contribution in [0.15, 0.2) is 4.99 Å². The van der Waals surface area contributed by atoms with Crippen LogP contribution < -0.4 is 0 Å². The zero-order valence-corrected chi connectivity index (χ0v) is 6.98. The molecule has 2 nitrogen and oxygen atoms in total. The maximum absolute atomic E-state index is 10.9. The van der Waals surface area contributed by atoms with Gasteiger partial charge in [-0.05, 0) is 13.3 Å². The predicted octanol–water partition coefficient (Wildman–Crippen LogP) is 1.84. The molecule has 0 radical (unpaired) electrons. The summed E-state index contributed by atoms with van der Waals surface area (Å²) in [6.07, 6.45) is 1.58. The SMILES string of the molecule is CCCN=C(C)C(=O)CC. The highest BCUT2D eigenvalue weighted by Crippen LogP contribution is 1.87. The minimum atomic E-state index is 0.161. The van der Waals surface area contributed by atoms with Crippen molar-refractivity contribution in [2.24, 2.45) is 4.99 Å². The number of Topliss-reactive ketones (excluding diaryl/α,β-unsaturated/α-hetero) is 1. The molecule has 0 atom stereocenters. The minimum absolute atomic E-state index is 0.161. The van der Waals surface area contributed by atoms with E-state index in [9.17, 15) is 4.79 Å². The van der Waals surface area contributed by atoms with Gasteiger partial charge in [0.05, 0.1) is 5.71 Å². The van der Waals surface area contributed by atoms with Gasteiger partial charge in [0.2, 0.25) is 0 Å². The van der Waals surface area contributed by atoms with E-state index in [1.807, 2.05) is 13.8 Å². The van der Waals surface area contributed by atoms with Crippen LogP contribution in [-0.4, -0.2) is 18.0 Å². The Morgan fingerprint density at radius 3 is 2.40 bits per heavy atom. The maximum Gasteiger partial charge on any atom is 0.176 e. The van der Waals surface area contributed by atoms with Crippen molar-refractivity contribution >= 4 is 11.5 Å². The molecule has 0 aliphatic rings. The van der Waals surface area contributed by atoms with Gasteiger partial charge in [-0.25, -0.2) is 0 Å². The molecule has 0 N–H and O–H groups in total. The normalized spacial score (nSPS) is 11.7. The second kappa shape index (κ2) is 5.15. The maximum atomic E-state index is 10.9. The molecule has 0 aliphatic heterocycles. The van der Waals surface area contributed by atoms with Crippen LogP contribution in [0.2, 0.25) is 0 Å². The number of carbonyl (C=O) groups excluding carboxylic acids is 1. The highest BCUT2D eigenvalue weighted by molar-refractivity contribution is 6.38. The van der Waals surface area contributed by atoms with Gasteiger partial charge < -0.3 is 0 Å². The van der Waals surface area contributed by atoms with Crippen molar-refractivity contribution in [1.29, 1.82) is 0 Å². The third-order valence-electron chi connectivity index (χ3n) is 1.30. The van der Waals surface area contributed by atoms with Gasteiger partial charge in [0.25, 0.3) is 0 Å². The molecule has 0 saturated heterocycles. The van der Waals surface area contributed by atoms with Crippen molar-refractivity contribution in [1.82, 2.24) is 0 Å². The fourth-order valence-corrected chi connectivity index (χ4v) is 0.624. The van der Waals surface area contributed by atoms with E-state index < -0.39 is 0 Å². The van der Waals surface area contributed by atoms with Gasteiger partial charge in [-0.3, -0.25) is 9.79 Å². The Morgan fingerprint density at radius 1 is 1.40 bits per heavy atom. The van der Waals surface area contributed by atoms with Crippen LogP contribution in [0.5, 0.6) is 0 Å². The van der Waals surface area contributed by atoms with Gasteiger partial charge in [0.15, 0.2) is 5.78 Å². The number of ketones is 1. The van der Waals surface area contributed by atoms with Gasteiger partial charge in [-0.1, -0.05) is 13.8 Å². The molecule has 0 aliphatic carbocycles. The number of hydrogen-bond donors (Lipinski definition) is 0. The fraction of sp³-hybridized carbons (Fsp3) is 0.750. The van der Waals surface area contributed by atoms with Crippen molar-refractivity contribution in [3.8, 4) is 0 Å². The summed E-state index contributed by atoms with van der Waals surface area (Å²) in [6, 6.07) is 0. The van der Waals surface area contributed by atoms with E-state index in [1.54, 1.807) is 6.92 Å². The van der Waals surface area contributed by atoms with Gasteiger partial charge in [0.1, 0.15) is 0 Å². The smallest absolute Gasteiger partial charge is 0.176 e. The van der Waals surface area contributed by atoms with Gasteiger partial charge in [0, 0.05) is 13.0 Å². The second-order valence-electron chi connectivity index (χ2n) is 2.24. The summed E-state index contributed by atoms with van der Waals surface area (Å²) in [4.78, 5) is 15.0. The number of rotatable bonds is 4. The minimum Gasteiger partial charge on any atom is -0.293 e. The molecule has 0 spiro atoms.